The van der Waals surface area contributed by atoms with Crippen molar-refractivity contribution in [3.8, 4) is 0 Å². The van der Waals surface area contributed by atoms with Gasteiger partial charge in [-0.05, 0) is 42.0 Å². The number of esters is 1. The topological polar surface area (TPSA) is 68.6 Å². The fraction of sp³-hybridized carbons (Fsp3) is 0.267. The molecule has 0 bridgehead atoms. The molecule has 0 saturated heterocycles. The number of ketones is 1. The van der Waals surface area contributed by atoms with Gasteiger partial charge in [0.2, 0.25) is 0 Å². The Morgan fingerprint density at radius 3 is 2.34 bits per heavy atom. The van der Waals surface area contributed by atoms with E-state index in [9.17, 15) is 9.59 Å². The lowest BCUT2D eigenvalue weighted by atomic mass is 9.66. The summed E-state index contributed by atoms with van der Waals surface area (Å²) in [5.41, 5.74) is 5.02. The van der Waals surface area contributed by atoms with Gasteiger partial charge in [0.25, 0.3) is 0 Å². The van der Waals surface area contributed by atoms with E-state index in [1.54, 1.807) is 12.4 Å². The number of carbonyl (C=O) groups excluding carboxylic acids is 2. The molecule has 3 atom stereocenters. The molecule has 5 rings (SSSR count). The maximum absolute atomic E-state index is 13.6. The second-order valence-electron chi connectivity index (χ2n) is 9.20. The van der Waals surface area contributed by atoms with Crippen LogP contribution in [0.25, 0.3) is 0 Å². The van der Waals surface area contributed by atoms with Gasteiger partial charge in [-0.1, -0.05) is 66.7 Å². The molecule has 3 unspecified atom stereocenters. The number of fused-ring (bicyclic) bond motifs is 1. The van der Waals surface area contributed by atoms with E-state index in [0.717, 1.165) is 22.4 Å². The van der Waals surface area contributed by atoms with Crippen molar-refractivity contribution < 1.29 is 14.3 Å². The second kappa shape index (κ2) is 10.2. The fourth-order valence-electron chi connectivity index (χ4n) is 5.31. The van der Waals surface area contributed by atoms with Gasteiger partial charge in [-0.3, -0.25) is 14.8 Å². The molecule has 0 N–H and O–H groups in total. The van der Waals surface area contributed by atoms with Crippen LogP contribution in [0.3, 0.4) is 0 Å². The maximum Gasteiger partial charge on any atom is 0.336 e. The molecule has 2 aliphatic rings. The number of carbonyl (C=O) groups is 2. The first-order valence-electron chi connectivity index (χ1n) is 12.1. The Balaban J connectivity index is 1.45. The van der Waals surface area contributed by atoms with Crippen molar-refractivity contribution in [3.63, 3.8) is 0 Å². The third-order valence-electron chi connectivity index (χ3n) is 6.96. The lowest BCUT2D eigenvalue weighted by Crippen LogP contribution is -2.41. The average molecular weight is 465 g/mol. The Labute approximate surface area is 205 Å². The molecule has 5 heteroatoms. The summed E-state index contributed by atoms with van der Waals surface area (Å²) in [5.74, 6) is -1.11. The maximum atomic E-state index is 13.6. The zero-order valence-electron chi connectivity index (χ0n) is 19.8. The number of pyridine rings is 1. The zero-order valence-corrected chi connectivity index (χ0v) is 19.8. The van der Waals surface area contributed by atoms with Crippen LogP contribution in [-0.4, -0.2) is 29.1 Å². The van der Waals surface area contributed by atoms with Crippen molar-refractivity contribution in [2.45, 2.75) is 38.0 Å². The molecule has 0 radical (unpaired) electrons. The quantitative estimate of drug-likeness (QED) is 0.456. The Morgan fingerprint density at radius 1 is 0.914 bits per heavy atom. The number of hydrogen-bond acceptors (Lipinski definition) is 5. The summed E-state index contributed by atoms with van der Waals surface area (Å²) in [4.78, 5) is 36.1. The molecular weight excluding hydrogens is 436 g/mol. The number of rotatable bonds is 6. The molecule has 1 aliphatic carbocycles. The lowest BCUT2D eigenvalue weighted by molar-refractivity contribution is -0.139. The van der Waals surface area contributed by atoms with Gasteiger partial charge >= 0.3 is 5.97 Å². The van der Waals surface area contributed by atoms with Crippen LogP contribution in [0.15, 0.2) is 101 Å². The monoisotopic (exact) mass is 464 g/mol. The number of aliphatic imine (C=N–C) groups is 1. The third-order valence-corrected chi connectivity index (χ3v) is 6.96. The zero-order chi connectivity index (χ0) is 24.2. The Kier molecular flexibility index (Phi) is 6.66. The van der Waals surface area contributed by atoms with Crippen LogP contribution >= 0.6 is 0 Å². The summed E-state index contributed by atoms with van der Waals surface area (Å²) in [7, 11) is 0. The number of hydrogen-bond donors (Lipinski definition) is 0. The molecule has 1 aliphatic heterocycles. The van der Waals surface area contributed by atoms with Crippen molar-refractivity contribution in [2.75, 3.05) is 6.61 Å². The second-order valence-corrected chi connectivity index (χ2v) is 9.20. The molecule has 2 heterocycles. The van der Waals surface area contributed by atoms with Crippen LogP contribution in [0.1, 0.15) is 48.3 Å². The standard InChI is InChI=1S/C30H28N2O3/c1-20-27(30(34)35-16-14-21-9-4-2-5-10-21)28(23-13-8-15-31-19-23)29-25(32-20)17-24(18-26(29)33)22-11-6-3-7-12-22/h2-13,15,19,24,28-29H,14,16-18H2,1H3. The number of Topliss-reactive ketones (excluding diaryl/α,β-unsaturated/α-hetero) is 1. The summed E-state index contributed by atoms with van der Waals surface area (Å²) in [6.45, 7) is 2.11. The average Bonchev–Trinajstić information content (AvgIpc) is 2.89. The molecule has 0 amide bonds. The number of nitrogens with zero attached hydrogens (tertiary/aromatic N) is 2. The third kappa shape index (κ3) is 4.85. The summed E-state index contributed by atoms with van der Waals surface area (Å²) in [5, 5.41) is 0. The van der Waals surface area contributed by atoms with Crippen molar-refractivity contribution in [1.82, 2.24) is 4.98 Å². The highest BCUT2D eigenvalue weighted by Gasteiger charge is 2.46. The predicted molar refractivity (Wildman–Crippen MR) is 135 cm³/mol. The summed E-state index contributed by atoms with van der Waals surface area (Å²) < 4.78 is 5.72. The molecule has 35 heavy (non-hydrogen) atoms. The van der Waals surface area contributed by atoms with Crippen LogP contribution in [0, 0.1) is 5.92 Å². The van der Waals surface area contributed by atoms with Crippen molar-refractivity contribution in [1.29, 1.82) is 0 Å². The Bertz CT molecular complexity index is 1270. The van der Waals surface area contributed by atoms with Gasteiger partial charge in [0.15, 0.2) is 0 Å². The molecule has 1 fully saturated rings. The minimum absolute atomic E-state index is 0.0976. The Morgan fingerprint density at radius 2 is 1.63 bits per heavy atom. The number of benzene rings is 2. The highest BCUT2D eigenvalue weighted by atomic mass is 16.5. The summed E-state index contributed by atoms with van der Waals surface area (Å²) >= 11 is 0. The molecular formula is C30H28N2O3. The molecule has 1 aromatic heterocycles. The predicted octanol–water partition coefficient (Wildman–Crippen LogP) is 5.44. The van der Waals surface area contributed by atoms with E-state index in [-0.39, 0.29) is 18.3 Å². The van der Waals surface area contributed by atoms with E-state index in [4.69, 9.17) is 9.73 Å². The van der Waals surface area contributed by atoms with E-state index in [2.05, 4.69) is 17.1 Å². The first kappa shape index (κ1) is 22.9. The molecule has 176 valence electrons. The van der Waals surface area contributed by atoms with Gasteiger partial charge in [-0.15, -0.1) is 0 Å². The first-order valence-corrected chi connectivity index (χ1v) is 12.1. The highest BCUT2D eigenvalue weighted by Crippen LogP contribution is 2.45. The van der Waals surface area contributed by atoms with E-state index < -0.39 is 17.8 Å². The largest absolute Gasteiger partial charge is 0.462 e. The van der Waals surface area contributed by atoms with E-state index in [1.165, 1.54) is 0 Å². The van der Waals surface area contributed by atoms with E-state index in [1.807, 2.05) is 67.6 Å². The van der Waals surface area contributed by atoms with Crippen molar-refractivity contribution in [3.05, 3.63) is 113 Å². The van der Waals surface area contributed by atoms with Crippen LogP contribution in [0.4, 0.5) is 0 Å². The Hall–Kier alpha value is -3.86. The summed E-state index contributed by atoms with van der Waals surface area (Å²) in [6.07, 6.45) is 5.20. The van der Waals surface area contributed by atoms with E-state index in [0.29, 0.717) is 30.5 Å². The molecule has 0 spiro atoms. The lowest BCUT2D eigenvalue weighted by Gasteiger charge is -2.38. The minimum Gasteiger partial charge on any atom is -0.462 e. The van der Waals surface area contributed by atoms with Crippen molar-refractivity contribution >= 4 is 17.5 Å². The van der Waals surface area contributed by atoms with Crippen LogP contribution in [0.2, 0.25) is 0 Å². The number of aromatic nitrogens is 1. The van der Waals surface area contributed by atoms with E-state index >= 15 is 0 Å². The van der Waals surface area contributed by atoms with Crippen LogP contribution < -0.4 is 0 Å². The minimum atomic E-state index is -0.473. The molecule has 3 aromatic rings. The molecule has 2 aromatic carbocycles. The van der Waals surface area contributed by atoms with Crippen LogP contribution in [-0.2, 0) is 20.7 Å². The smallest absolute Gasteiger partial charge is 0.336 e. The molecule has 5 nitrogen and oxygen atoms in total. The van der Waals surface area contributed by atoms with Gasteiger partial charge in [0, 0.05) is 42.6 Å². The number of allylic oxidation sites excluding steroid dienone is 1. The van der Waals surface area contributed by atoms with Gasteiger partial charge < -0.3 is 4.74 Å². The SMILES string of the molecule is CC1=C(C(=O)OCCc2ccccc2)C(c2cccnc2)C2C(=O)CC(c3ccccc3)CC2=N1. The first-order chi connectivity index (χ1) is 17.1. The normalized spacial score (nSPS) is 21.8. The highest BCUT2D eigenvalue weighted by molar-refractivity contribution is 6.12. The molecule has 1 saturated carbocycles. The number of ether oxygens (including phenoxy) is 1. The van der Waals surface area contributed by atoms with Gasteiger partial charge in [-0.25, -0.2) is 4.79 Å². The van der Waals surface area contributed by atoms with Gasteiger partial charge in [0.05, 0.1) is 18.1 Å². The fourth-order valence-corrected chi connectivity index (χ4v) is 5.31. The van der Waals surface area contributed by atoms with Crippen molar-refractivity contribution in [2.24, 2.45) is 10.9 Å². The van der Waals surface area contributed by atoms with Gasteiger partial charge in [0.1, 0.15) is 5.78 Å². The van der Waals surface area contributed by atoms with Crippen LogP contribution in [0.5, 0.6) is 0 Å². The van der Waals surface area contributed by atoms with Gasteiger partial charge in [-0.2, -0.15) is 0 Å². The summed E-state index contributed by atoms with van der Waals surface area (Å²) in [6, 6.07) is 23.8.